The van der Waals surface area contributed by atoms with Gasteiger partial charge in [-0.15, -0.1) is 0 Å². The molecule has 0 unspecified atom stereocenters. The number of fused-ring (bicyclic) bond motifs is 2. The van der Waals surface area contributed by atoms with Crippen LogP contribution in [0.25, 0.3) is 16.4 Å². The number of H-pyrrole nitrogens is 2. The number of methoxy groups -OCH3 is 1. The van der Waals surface area contributed by atoms with Crippen molar-refractivity contribution < 1.29 is 9.53 Å². The average Bonchev–Trinajstić information content (AvgIpc) is 2.92. The molecule has 0 atom stereocenters. The summed E-state index contributed by atoms with van der Waals surface area (Å²) in [7, 11) is 1.56. The summed E-state index contributed by atoms with van der Waals surface area (Å²) in [5.41, 5.74) is 1.59. The van der Waals surface area contributed by atoms with E-state index in [1.54, 1.807) is 29.8 Å². The molecule has 0 bridgehead atoms. The fourth-order valence-electron chi connectivity index (χ4n) is 3.28. The first-order valence-corrected chi connectivity index (χ1v) is 7.96. The van der Waals surface area contributed by atoms with E-state index in [2.05, 4.69) is 9.97 Å². The lowest BCUT2D eigenvalue weighted by molar-refractivity contribution is 0.103. The van der Waals surface area contributed by atoms with Crippen molar-refractivity contribution in [2.24, 2.45) is 0 Å². The van der Waals surface area contributed by atoms with Crippen LogP contribution in [0.15, 0.2) is 52.2 Å². The summed E-state index contributed by atoms with van der Waals surface area (Å²) in [4.78, 5) is 41.3. The lowest BCUT2D eigenvalue weighted by Crippen LogP contribution is -2.22. The van der Waals surface area contributed by atoms with Gasteiger partial charge in [0.25, 0.3) is 5.56 Å². The molecule has 0 spiro atoms. The molecular weight excluding hydrogens is 334 g/mol. The normalized spacial score (nSPS) is 11.2. The van der Waals surface area contributed by atoms with Gasteiger partial charge in [0.1, 0.15) is 11.4 Å². The number of ether oxygens (including phenoxy) is 1. The Labute approximate surface area is 146 Å². The third-order valence-electron chi connectivity index (χ3n) is 4.45. The third-order valence-corrected chi connectivity index (χ3v) is 4.45. The van der Waals surface area contributed by atoms with Gasteiger partial charge in [0.15, 0.2) is 0 Å². The van der Waals surface area contributed by atoms with Crippen molar-refractivity contribution in [3.05, 3.63) is 80.3 Å². The zero-order valence-electron chi connectivity index (χ0n) is 14.1. The van der Waals surface area contributed by atoms with E-state index < -0.39 is 11.2 Å². The molecule has 0 amide bonds. The van der Waals surface area contributed by atoms with Crippen molar-refractivity contribution in [2.75, 3.05) is 7.11 Å². The number of carbonyl (C=O) groups is 1. The SMILES string of the molecule is COc1c(C)c(C(=O)c2ccc3[nH]c(=O)[nH]c(=O)c3c2)n2ccccc12. The minimum absolute atomic E-state index is 0.237. The Morgan fingerprint density at radius 2 is 1.92 bits per heavy atom. The monoisotopic (exact) mass is 349 g/mol. The molecule has 0 aliphatic carbocycles. The second-order valence-electron chi connectivity index (χ2n) is 5.96. The third kappa shape index (κ3) is 2.25. The molecule has 0 aliphatic rings. The summed E-state index contributed by atoms with van der Waals surface area (Å²) in [5, 5.41) is 0.251. The minimum atomic E-state index is -0.584. The fraction of sp³-hybridized carbons (Fsp3) is 0.105. The van der Waals surface area contributed by atoms with Gasteiger partial charge in [-0.3, -0.25) is 14.6 Å². The van der Waals surface area contributed by atoms with Crippen LogP contribution in [-0.4, -0.2) is 27.3 Å². The molecule has 4 rings (SSSR count). The maximum absolute atomic E-state index is 13.2. The van der Waals surface area contributed by atoms with Crippen LogP contribution >= 0.6 is 0 Å². The van der Waals surface area contributed by atoms with E-state index in [4.69, 9.17) is 4.74 Å². The number of ketones is 1. The van der Waals surface area contributed by atoms with Crippen LogP contribution < -0.4 is 16.0 Å². The summed E-state index contributed by atoms with van der Waals surface area (Å²) in [6.45, 7) is 1.82. The Balaban J connectivity index is 1.96. The lowest BCUT2D eigenvalue weighted by atomic mass is 10.0. The van der Waals surface area contributed by atoms with Gasteiger partial charge in [-0.2, -0.15) is 0 Å². The van der Waals surface area contributed by atoms with Gasteiger partial charge in [0, 0.05) is 17.3 Å². The maximum atomic E-state index is 13.2. The Morgan fingerprint density at radius 3 is 2.69 bits per heavy atom. The van der Waals surface area contributed by atoms with Crippen molar-refractivity contribution >= 4 is 22.2 Å². The van der Waals surface area contributed by atoms with Gasteiger partial charge in [0.2, 0.25) is 5.78 Å². The molecular formula is C19H15N3O4. The van der Waals surface area contributed by atoms with E-state index in [1.165, 1.54) is 6.07 Å². The molecule has 0 radical (unpaired) electrons. The van der Waals surface area contributed by atoms with E-state index >= 15 is 0 Å². The molecule has 0 aliphatic heterocycles. The molecule has 3 aromatic heterocycles. The zero-order valence-corrected chi connectivity index (χ0v) is 14.1. The predicted octanol–water partition coefficient (Wildman–Crippen LogP) is 2.02. The molecule has 0 fully saturated rings. The number of nitrogens with one attached hydrogen (secondary N) is 2. The smallest absolute Gasteiger partial charge is 0.326 e. The summed E-state index contributed by atoms with van der Waals surface area (Å²) < 4.78 is 7.24. The average molecular weight is 349 g/mol. The van der Waals surface area contributed by atoms with E-state index in [0.717, 1.165) is 11.1 Å². The number of pyridine rings is 1. The quantitative estimate of drug-likeness (QED) is 0.553. The first-order valence-electron chi connectivity index (χ1n) is 7.96. The second-order valence-corrected chi connectivity index (χ2v) is 5.96. The van der Waals surface area contributed by atoms with Crippen LogP contribution in [0.2, 0.25) is 0 Å². The molecule has 7 nitrogen and oxygen atoms in total. The molecule has 1 aromatic carbocycles. The molecule has 4 aromatic rings. The van der Waals surface area contributed by atoms with E-state index in [9.17, 15) is 14.4 Å². The molecule has 0 saturated carbocycles. The molecule has 2 N–H and O–H groups in total. The maximum Gasteiger partial charge on any atom is 0.326 e. The standard InChI is InChI=1S/C19H15N3O4/c1-10-15(22-8-4-3-5-14(22)17(10)26-2)16(23)11-6-7-13-12(9-11)18(24)21-19(25)20-13/h3-9H,1-2H3,(H2,20,21,24,25). The Bertz CT molecular complexity index is 1290. The zero-order chi connectivity index (χ0) is 18.4. The number of rotatable bonds is 3. The minimum Gasteiger partial charge on any atom is -0.494 e. The highest BCUT2D eigenvalue weighted by Crippen LogP contribution is 2.31. The first kappa shape index (κ1) is 15.9. The summed E-state index contributed by atoms with van der Waals surface area (Å²) in [5.74, 6) is 0.399. The second kappa shape index (κ2) is 5.73. The van der Waals surface area contributed by atoms with Crippen LogP contribution in [0.3, 0.4) is 0 Å². The van der Waals surface area contributed by atoms with Gasteiger partial charge in [-0.1, -0.05) is 6.07 Å². The Kier molecular flexibility index (Phi) is 3.50. The number of aromatic amines is 2. The number of benzene rings is 1. The molecule has 7 heteroatoms. The van der Waals surface area contributed by atoms with Crippen molar-refractivity contribution in [3.63, 3.8) is 0 Å². The highest BCUT2D eigenvalue weighted by atomic mass is 16.5. The van der Waals surface area contributed by atoms with Crippen LogP contribution in [0.5, 0.6) is 5.75 Å². The van der Waals surface area contributed by atoms with Gasteiger partial charge in [-0.05, 0) is 37.3 Å². The summed E-state index contributed by atoms with van der Waals surface area (Å²) in [6, 6.07) is 10.2. The van der Waals surface area contributed by atoms with Crippen LogP contribution in [0.1, 0.15) is 21.6 Å². The Morgan fingerprint density at radius 1 is 1.12 bits per heavy atom. The van der Waals surface area contributed by atoms with Crippen molar-refractivity contribution in [1.82, 2.24) is 14.4 Å². The molecule has 26 heavy (non-hydrogen) atoms. The Hall–Kier alpha value is -3.61. The number of aromatic nitrogens is 3. The fourth-order valence-corrected chi connectivity index (χ4v) is 3.28. The lowest BCUT2D eigenvalue weighted by Gasteiger charge is -2.05. The molecule has 130 valence electrons. The van der Waals surface area contributed by atoms with Gasteiger partial charge in [0.05, 0.1) is 23.5 Å². The number of hydrogen-bond donors (Lipinski definition) is 2. The van der Waals surface area contributed by atoms with E-state index in [1.807, 2.05) is 25.1 Å². The number of hydrogen-bond acceptors (Lipinski definition) is 4. The van der Waals surface area contributed by atoms with E-state index in [-0.39, 0.29) is 11.2 Å². The predicted molar refractivity (Wildman–Crippen MR) is 97.3 cm³/mol. The highest BCUT2D eigenvalue weighted by molar-refractivity contribution is 6.11. The van der Waals surface area contributed by atoms with Crippen LogP contribution in [0.4, 0.5) is 0 Å². The largest absolute Gasteiger partial charge is 0.494 e. The van der Waals surface area contributed by atoms with Gasteiger partial charge in [-0.25, -0.2) is 4.79 Å². The van der Waals surface area contributed by atoms with Gasteiger partial charge < -0.3 is 14.1 Å². The number of nitrogens with zero attached hydrogens (tertiary/aromatic N) is 1. The van der Waals surface area contributed by atoms with Crippen molar-refractivity contribution in [3.8, 4) is 5.75 Å². The molecule has 0 saturated heterocycles. The summed E-state index contributed by atoms with van der Waals surface area (Å²) >= 11 is 0. The van der Waals surface area contributed by atoms with Gasteiger partial charge >= 0.3 is 5.69 Å². The first-order chi connectivity index (χ1) is 12.5. The topological polar surface area (TPSA) is 96.4 Å². The number of carbonyl (C=O) groups excluding carboxylic acids is 1. The van der Waals surface area contributed by atoms with Crippen molar-refractivity contribution in [2.45, 2.75) is 6.92 Å². The van der Waals surface area contributed by atoms with Crippen LogP contribution in [0, 0.1) is 6.92 Å². The van der Waals surface area contributed by atoms with Crippen LogP contribution in [-0.2, 0) is 0 Å². The van der Waals surface area contributed by atoms with E-state index in [0.29, 0.717) is 22.5 Å². The molecule has 3 heterocycles. The van der Waals surface area contributed by atoms with Crippen molar-refractivity contribution in [1.29, 1.82) is 0 Å². The summed E-state index contributed by atoms with van der Waals surface area (Å²) in [6.07, 6.45) is 1.80. The highest BCUT2D eigenvalue weighted by Gasteiger charge is 2.22.